The van der Waals surface area contributed by atoms with E-state index in [2.05, 4.69) is 0 Å². The maximum atomic E-state index is 12.1. The van der Waals surface area contributed by atoms with Crippen molar-refractivity contribution in [3.63, 3.8) is 0 Å². The highest BCUT2D eigenvalue weighted by molar-refractivity contribution is 6.01. The van der Waals surface area contributed by atoms with Crippen molar-refractivity contribution in [2.45, 2.75) is 13.0 Å². The molecule has 6 heteroatoms. The quantitative estimate of drug-likeness (QED) is 0.826. The fourth-order valence-electron chi connectivity index (χ4n) is 1.63. The van der Waals surface area contributed by atoms with Crippen LogP contribution in [0.25, 0.3) is 0 Å². The SMILES string of the molecule is C[C@H](C(=O)c1ccc2c(c1)OCO2)N(C)C(=O)O. The van der Waals surface area contributed by atoms with Crippen LogP contribution in [0.15, 0.2) is 18.2 Å². The second-order valence-corrected chi connectivity index (χ2v) is 4.00. The van der Waals surface area contributed by atoms with Gasteiger partial charge in [-0.1, -0.05) is 0 Å². The molecule has 0 saturated heterocycles. The van der Waals surface area contributed by atoms with Crippen molar-refractivity contribution in [2.24, 2.45) is 0 Å². The molecule has 0 unspecified atom stereocenters. The van der Waals surface area contributed by atoms with E-state index in [1.807, 2.05) is 0 Å². The van der Waals surface area contributed by atoms with E-state index in [9.17, 15) is 9.59 Å². The van der Waals surface area contributed by atoms with Crippen molar-refractivity contribution in [1.82, 2.24) is 4.90 Å². The van der Waals surface area contributed by atoms with Gasteiger partial charge < -0.3 is 19.5 Å². The minimum Gasteiger partial charge on any atom is -0.465 e. The van der Waals surface area contributed by atoms with Crippen LogP contribution in [-0.4, -0.2) is 41.8 Å². The number of carbonyl (C=O) groups is 2. The zero-order valence-electron chi connectivity index (χ0n) is 10.0. The number of carboxylic acid groups (broad SMARTS) is 1. The molecule has 6 nitrogen and oxygen atoms in total. The van der Waals surface area contributed by atoms with Gasteiger partial charge >= 0.3 is 6.09 Å². The Morgan fingerprint density at radius 3 is 2.67 bits per heavy atom. The lowest BCUT2D eigenvalue weighted by Crippen LogP contribution is -2.39. The van der Waals surface area contributed by atoms with E-state index in [4.69, 9.17) is 14.6 Å². The summed E-state index contributed by atoms with van der Waals surface area (Å²) in [6.45, 7) is 1.68. The first-order chi connectivity index (χ1) is 8.50. The third-order valence-electron chi connectivity index (χ3n) is 2.92. The maximum Gasteiger partial charge on any atom is 0.407 e. The molecule has 0 aromatic heterocycles. The van der Waals surface area contributed by atoms with Gasteiger partial charge in [-0.25, -0.2) is 4.79 Å². The van der Waals surface area contributed by atoms with Gasteiger partial charge in [0.25, 0.3) is 0 Å². The van der Waals surface area contributed by atoms with E-state index in [1.54, 1.807) is 25.1 Å². The molecule has 96 valence electrons. The van der Waals surface area contributed by atoms with Crippen LogP contribution >= 0.6 is 0 Å². The van der Waals surface area contributed by atoms with E-state index < -0.39 is 12.1 Å². The van der Waals surface area contributed by atoms with Crippen molar-refractivity contribution >= 4 is 11.9 Å². The minimum atomic E-state index is -1.14. The topological polar surface area (TPSA) is 76.1 Å². The summed E-state index contributed by atoms with van der Waals surface area (Å²) in [5.41, 5.74) is 0.403. The second-order valence-electron chi connectivity index (χ2n) is 4.00. The van der Waals surface area contributed by atoms with Gasteiger partial charge in [0.2, 0.25) is 6.79 Å². The molecule has 1 aromatic rings. The van der Waals surface area contributed by atoms with Crippen LogP contribution in [0, 0.1) is 0 Å². The summed E-state index contributed by atoms with van der Waals surface area (Å²) in [7, 11) is 1.36. The van der Waals surface area contributed by atoms with Crippen molar-refractivity contribution in [3.05, 3.63) is 23.8 Å². The lowest BCUT2D eigenvalue weighted by molar-refractivity contribution is 0.0844. The first kappa shape index (κ1) is 12.2. The molecule has 1 amide bonds. The molecule has 1 aromatic carbocycles. The second kappa shape index (κ2) is 4.56. The molecule has 0 bridgehead atoms. The van der Waals surface area contributed by atoms with Crippen LogP contribution in [0.1, 0.15) is 17.3 Å². The fourth-order valence-corrected chi connectivity index (χ4v) is 1.63. The number of hydrogen-bond donors (Lipinski definition) is 1. The number of benzene rings is 1. The Labute approximate surface area is 104 Å². The van der Waals surface area contributed by atoms with E-state index in [1.165, 1.54) is 7.05 Å². The molecule has 0 fully saturated rings. The number of likely N-dealkylation sites (N-methyl/N-ethyl adjacent to an activating group) is 1. The Bertz CT molecular complexity index is 499. The van der Waals surface area contributed by atoms with Crippen molar-refractivity contribution in [1.29, 1.82) is 0 Å². The summed E-state index contributed by atoms with van der Waals surface area (Å²) >= 11 is 0. The molecule has 0 saturated carbocycles. The molecular weight excluding hydrogens is 238 g/mol. The highest BCUT2D eigenvalue weighted by Gasteiger charge is 2.24. The zero-order valence-corrected chi connectivity index (χ0v) is 10.0. The van der Waals surface area contributed by atoms with Gasteiger partial charge in [0.05, 0.1) is 6.04 Å². The van der Waals surface area contributed by atoms with E-state index >= 15 is 0 Å². The Hall–Kier alpha value is -2.24. The lowest BCUT2D eigenvalue weighted by atomic mass is 10.0. The van der Waals surface area contributed by atoms with Crippen molar-refractivity contribution in [3.8, 4) is 11.5 Å². The zero-order chi connectivity index (χ0) is 13.3. The molecular formula is C12H13NO5. The van der Waals surface area contributed by atoms with E-state index in [0.29, 0.717) is 17.1 Å². The van der Waals surface area contributed by atoms with Crippen molar-refractivity contribution < 1.29 is 24.2 Å². The molecule has 18 heavy (non-hydrogen) atoms. The third kappa shape index (κ3) is 2.09. The monoisotopic (exact) mass is 251 g/mol. The summed E-state index contributed by atoms with van der Waals surface area (Å²) in [5.74, 6) is 0.815. The average molecular weight is 251 g/mol. The van der Waals surface area contributed by atoms with Gasteiger partial charge in [0, 0.05) is 12.6 Å². The summed E-state index contributed by atoms with van der Waals surface area (Å²) in [4.78, 5) is 23.8. The normalized spacial score (nSPS) is 14.1. The Morgan fingerprint density at radius 2 is 2.00 bits per heavy atom. The summed E-state index contributed by atoms with van der Waals surface area (Å²) < 4.78 is 10.3. The van der Waals surface area contributed by atoms with Crippen LogP contribution in [0.3, 0.4) is 0 Å². The van der Waals surface area contributed by atoms with Crippen LogP contribution < -0.4 is 9.47 Å². The van der Waals surface area contributed by atoms with Crippen molar-refractivity contribution in [2.75, 3.05) is 13.8 Å². The summed E-state index contributed by atoms with van der Waals surface area (Å²) in [5, 5.41) is 8.83. The summed E-state index contributed by atoms with van der Waals surface area (Å²) in [6.07, 6.45) is -1.14. The molecule has 1 aliphatic rings. The predicted molar refractivity (Wildman–Crippen MR) is 62.1 cm³/mol. The first-order valence-corrected chi connectivity index (χ1v) is 5.40. The number of hydrogen-bond acceptors (Lipinski definition) is 4. The number of ether oxygens (including phenoxy) is 2. The molecule has 1 atom stereocenters. The first-order valence-electron chi connectivity index (χ1n) is 5.40. The predicted octanol–water partition coefficient (Wildman–Crippen LogP) is 1.60. The van der Waals surface area contributed by atoms with Crippen LogP contribution in [0.2, 0.25) is 0 Å². The molecule has 0 aliphatic carbocycles. The minimum absolute atomic E-state index is 0.136. The summed E-state index contributed by atoms with van der Waals surface area (Å²) in [6, 6.07) is 4.06. The maximum absolute atomic E-state index is 12.1. The van der Waals surface area contributed by atoms with Gasteiger partial charge in [0.1, 0.15) is 0 Å². The molecule has 1 N–H and O–H groups in total. The average Bonchev–Trinajstić information content (AvgIpc) is 2.82. The number of nitrogens with zero attached hydrogens (tertiary/aromatic N) is 1. The molecule has 1 aliphatic heterocycles. The Balaban J connectivity index is 2.21. The fraction of sp³-hybridized carbons (Fsp3) is 0.333. The molecule has 2 rings (SSSR count). The number of ketones is 1. The van der Waals surface area contributed by atoms with Gasteiger partial charge in [-0.3, -0.25) is 4.79 Å². The molecule has 0 spiro atoms. The van der Waals surface area contributed by atoms with E-state index in [0.717, 1.165) is 4.90 Å². The van der Waals surface area contributed by atoms with Gasteiger partial charge in [-0.2, -0.15) is 0 Å². The Kier molecular flexibility index (Phi) is 3.10. The standard InChI is InChI=1S/C12H13NO5/c1-7(13(2)12(15)16)11(14)8-3-4-9-10(5-8)18-6-17-9/h3-5,7H,6H2,1-2H3,(H,15,16)/t7-/m1/s1. The smallest absolute Gasteiger partial charge is 0.407 e. The van der Waals surface area contributed by atoms with Gasteiger partial charge in [0.15, 0.2) is 17.3 Å². The third-order valence-corrected chi connectivity index (χ3v) is 2.92. The van der Waals surface area contributed by atoms with Crippen LogP contribution in [0.4, 0.5) is 4.79 Å². The molecule has 1 heterocycles. The number of amides is 1. The Morgan fingerprint density at radius 1 is 1.33 bits per heavy atom. The highest BCUT2D eigenvalue weighted by Crippen LogP contribution is 2.32. The van der Waals surface area contributed by atoms with E-state index in [-0.39, 0.29) is 12.6 Å². The number of Topliss-reactive ketones (excluding diaryl/α,β-unsaturated/α-hetero) is 1. The van der Waals surface area contributed by atoms with Gasteiger partial charge in [-0.05, 0) is 25.1 Å². The number of fused-ring (bicyclic) bond motifs is 1. The highest BCUT2D eigenvalue weighted by atomic mass is 16.7. The van der Waals surface area contributed by atoms with Crippen LogP contribution in [0.5, 0.6) is 11.5 Å². The van der Waals surface area contributed by atoms with Crippen LogP contribution in [-0.2, 0) is 0 Å². The number of rotatable bonds is 3. The van der Waals surface area contributed by atoms with Gasteiger partial charge in [-0.15, -0.1) is 0 Å². The molecule has 0 radical (unpaired) electrons. The largest absolute Gasteiger partial charge is 0.465 e. The number of carbonyl (C=O) groups excluding carboxylic acids is 1. The lowest BCUT2D eigenvalue weighted by Gasteiger charge is -2.20.